The van der Waals surface area contributed by atoms with Crippen LogP contribution in [0.5, 0.6) is 0 Å². The minimum Gasteiger partial charge on any atom is -0.441 e. The van der Waals surface area contributed by atoms with Crippen molar-refractivity contribution >= 4 is 16.8 Å². The number of nitrogens with zero attached hydrogens (tertiary/aromatic N) is 1. The summed E-state index contributed by atoms with van der Waals surface area (Å²) in [6.07, 6.45) is 1.04. The molecule has 17 heavy (non-hydrogen) atoms. The summed E-state index contributed by atoms with van der Waals surface area (Å²) in [7, 11) is 0. The average molecular weight is 233 g/mol. The first-order chi connectivity index (χ1) is 8.19. The minimum atomic E-state index is 0.576. The standard InChI is InChI=1S/C13H19N3O/c1-9(5-6-14)8-15-11-3-4-12-13(7-11)17-10(2)16-12/h3-4,7,9,15H,5-6,8,14H2,1-2H3. The molecule has 2 rings (SSSR count). The van der Waals surface area contributed by atoms with Crippen molar-refractivity contribution in [3.63, 3.8) is 0 Å². The Labute approximate surface area is 101 Å². The van der Waals surface area contributed by atoms with Gasteiger partial charge >= 0.3 is 0 Å². The molecule has 1 aromatic carbocycles. The summed E-state index contributed by atoms with van der Waals surface area (Å²) < 4.78 is 5.49. The minimum absolute atomic E-state index is 0.576. The second kappa shape index (κ2) is 5.19. The molecule has 0 amide bonds. The number of rotatable bonds is 5. The van der Waals surface area contributed by atoms with Gasteiger partial charge in [0, 0.05) is 25.2 Å². The van der Waals surface area contributed by atoms with Gasteiger partial charge in [0.05, 0.1) is 0 Å². The number of nitrogens with two attached hydrogens (primary N) is 1. The Morgan fingerprint density at radius 2 is 2.29 bits per heavy atom. The normalized spacial score (nSPS) is 12.9. The van der Waals surface area contributed by atoms with Crippen molar-refractivity contribution in [1.29, 1.82) is 0 Å². The summed E-state index contributed by atoms with van der Waals surface area (Å²) in [6.45, 7) is 5.71. The van der Waals surface area contributed by atoms with Gasteiger partial charge in [0.15, 0.2) is 11.5 Å². The SMILES string of the molecule is Cc1nc2ccc(NCC(C)CCN)cc2o1. The molecule has 4 heteroatoms. The van der Waals surface area contributed by atoms with Gasteiger partial charge in [0.25, 0.3) is 0 Å². The van der Waals surface area contributed by atoms with Gasteiger partial charge in [-0.05, 0) is 31.0 Å². The number of benzene rings is 1. The third-order valence-corrected chi connectivity index (χ3v) is 2.81. The molecule has 0 spiro atoms. The van der Waals surface area contributed by atoms with Gasteiger partial charge in [0.2, 0.25) is 0 Å². The van der Waals surface area contributed by atoms with Crippen molar-refractivity contribution in [2.24, 2.45) is 11.7 Å². The molecule has 1 atom stereocenters. The maximum Gasteiger partial charge on any atom is 0.192 e. The van der Waals surface area contributed by atoms with Gasteiger partial charge < -0.3 is 15.5 Å². The van der Waals surface area contributed by atoms with E-state index in [0.717, 1.165) is 36.3 Å². The molecule has 0 radical (unpaired) electrons. The van der Waals surface area contributed by atoms with E-state index in [1.807, 2.05) is 25.1 Å². The Kier molecular flexibility index (Phi) is 3.64. The number of nitrogens with one attached hydrogen (secondary N) is 1. The first-order valence-electron chi connectivity index (χ1n) is 6.00. The van der Waals surface area contributed by atoms with Crippen molar-refractivity contribution < 1.29 is 4.42 Å². The molecule has 0 aliphatic carbocycles. The summed E-state index contributed by atoms with van der Waals surface area (Å²) in [4.78, 5) is 4.27. The van der Waals surface area contributed by atoms with Crippen molar-refractivity contribution in [3.8, 4) is 0 Å². The van der Waals surface area contributed by atoms with Gasteiger partial charge in [-0.3, -0.25) is 0 Å². The lowest BCUT2D eigenvalue weighted by molar-refractivity contribution is 0.560. The molecule has 3 N–H and O–H groups in total. The summed E-state index contributed by atoms with van der Waals surface area (Å²) >= 11 is 0. The van der Waals surface area contributed by atoms with Crippen LogP contribution in [0.2, 0.25) is 0 Å². The molecular formula is C13H19N3O. The Hall–Kier alpha value is -1.55. The Balaban J connectivity index is 2.03. The van der Waals surface area contributed by atoms with E-state index in [1.54, 1.807) is 0 Å². The molecule has 2 aromatic rings. The third-order valence-electron chi connectivity index (χ3n) is 2.81. The Bertz CT molecular complexity index is 492. The maximum absolute atomic E-state index is 5.52. The summed E-state index contributed by atoms with van der Waals surface area (Å²) in [5, 5.41) is 3.39. The van der Waals surface area contributed by atoms with Gasteiger partial charge in [0.1, 0.15) is 5.52 Å². The van der Waals surface area contributed by atoms with Crippen LogP contribution >= 0.6 is 0 Å². The van der Waals surface area contributed by atoms with Crippen LogP contribution in [-0.4, -0.2) is 18.1 Å². The molecule has 0 aliphatic heterocycles. The van der Waals surface area contributed by atoms with Gasteiger partial charge in [-0.25, -0.2) is 4.98 Å². The number of aryl methyl sites for hydroxylation is 1. The number of fused-ring (bicyclic) bond motifs is 1. The molecule has 92 valence electrons. The summed E-state index contributed by atoms with van der Waals surface area (Å²) in [5.41, 5.74) is 8.33. The molecule has 0 aliphatic rings. The van der Waals surface area contributed by atoms with Crippen molar-refractivity contribution in [1.82, 2.24) is 4.98 Å². The largest absolute Gasteiger partial charge is 0.441 e. The Morgan fingerprint density at radius 1 is 1.47 bits per heavy atom. The quantitative estimate of drug-likeness (QED) is 0.833. The van der Waals surface area contributed by atoms with Crippen molar-refractivity contribution in [3.05, 3.63) is 24.1 Å². The zero-order valence-electron chi connectivity index (χ0n) is 10.4. The fraction of sp³-hybridized carbons (Fsp3) is 0.462. The molecule has 0 fully saturated rings. The smallest absolute Gasteiger partial charge is 0.192 e. The molecule has 0 bridgehead atoms. The zero-order valence-corrected chi connectivity index (χ0v) is 10.4. The fourth-order valence-electron chi connectivity index (χ4n) is 1.83. The zero-order chi connectivity index (χ0) is 12.3. The number of aromatic nitrogens is 1. The van der Waals surface area contributed by atoms with E-state index in [9.17, 15) is 0 Å². The van der Waals surface area contributed by atoms with E-state index >= 15 is 0 Å². The van der Waals surface area contributed by atoms with E-state index in [2.05, 4.69) is 17.2 Å². The van der Waals surface area contributed by atoms with E-state index in [-0.39, 0.29) is 0 Å². The lowest BCUT2D eigenvalue weighted by Crippen LogP contribution is -2.15. The Morgan fingerprint density at radius 3 is 3.06 bits per heavy atom. The highest BCUT2D eigenvalue weighted by Crippen LogP contribution is 2.20. The van der Waals surface area contributed by atoms with Crippen LogP contribution in [0.1, 0.15) is 19.2 Å². The second-order valence-corrected chi connectivity index (χ2v) is 4.48. The predicted molar refractivity (Wildman–Crippen MR) is 70.1 cm³/mol. The van der Waals surface area contributed by atoms with Crippen LogP contribution in [0.25, 0.3) is 11.1 Å². The topological polar surface area (TPSA) is 64.1 Å². The second-order valence-electron chi connectivity index (χ2n) is 4.48. The van der Waals surface area contributed by atoms with E-state index in [0.29, 0.717) is 11.8 Å². The molecular weight excluding hydrogens is 214 g/mol. The average Bonchev–Trinajstić information content (AvgIpc) is 2.66. The fourth-order valence-corrected chi connectivity index (χ4v) is 1.83. The third kappa shape index (κ3) is 2.97. The molecule has 0 saturated carbocycles. The van der Waals surface area contributed by atoms with E-state index in [1.165, 1.54) is 0 Å². The van der Waals surface area contributed by atoms with Crippen LogP contribution < -0.4 is 11.1 Å². The lowest BCUT2D eigenvalue weighted by atomic mass is 10.1. The van der Waals surface area contributed by atoms with Crippen LogP contribution in [0.3, 0.4) is 0 Å². The van der Waals surface area contributed by atoms with Crippen LogP contribution in [-0.2, 0) is 0 Å². The highest BCUT2D eigenvalue weighted by atomic mass is 16.3. The molecule has 1 unspecified atom stereocenters. The summed E-state index contributed by atoms with van der Waals surface area (Å²) in [6, 6.07) is 5.99. The first kappa shape index (κ1) is 11.9. The van der Waals surface area contributed by atoms with Crippen molar-refractivity contribution in [2.45, 2.75) is 20.3 Å². The monoisotopic (exact) mass is 233 g/mol. The number of oxazole rings is 1. The number of hydrogen-bond donors (Lipinski definition) is 2. The molecule has 0 saturated heterocycles. The lowest BCUT2D eigenvalue weighted by Gasteiger charge is -2.12. The van der Waals surface area contributed by atoms with Gasteiger partial charge in [-0.1, -0.05) is 6.92 Å². The summed E-state index contributed by atoms with van der Waals surface area (Å²) in [5.74, 6) is 1.28. The molecule has 4 nitrogen and oxygen atoms in total. The molecule has 1 heterocycles. The molecule has 1 aromatic heterocycles. The van der Waals surface area contributed by atoms with Crippen molar-refractivity contribution in [2.75, 3.05) is 18.4 Å². The van der Waals surface area contributed by atoms with E-state index in [4.69, 9.17) is 10.2 Å². The number of hydrogen-bond acceptors (Lipinski definition) is 4. The maximum atomic E-state index is 5.52. The van der Waals surface area contributed by atoms with Crippen LogP contribution in [0, 0.1) is 12.8 Å². The predicted octanol–water partition coefficient (Wildman–Crippen LogP) is 2.53. The van der Waals surface area contributed by atoms with E-state index < -0.39 is 0 Å². The van der Waals surface area contributed by atoms with Gasteiger partial charge in [-0.15, -0.1) is 0 Å². The van der Waals surface area contributed by atoms with Gasteiger partial charge in [-0.2, -0.15) is 0 Å². The highest BCUT2D eigenvalue weighted by Gasteiger charge is 2.04. The van der Waals surface area contributed by atoms with Crippen LogP contribution in [0.15, 0.2) is 22.6 Å². The number of anilines is 1. The highest BCUT2D eigenvalue weighted by molar-refractivity contribution is 5.77. The van der Waals surface area contributed by atoms with Crippen LogP contribution in [0.4, 0.5) is 5.69 Å². The first-order valence-corrected chi connectivity index (χ1v) is 6.00.